The summed E-state index contributed by atoms with van der Waals surface area (Å²) in [6.45, 7) is 5.12. The highest BCUT2D eigenvalue weighted by Crippen LogP contribution is 2.34. The largest absolute Gasteiger partial charge is 0.494 e. The van der Waals surface area contributed by atoms with Crippen molar-refractivity contribution in [3.05, 3.63) is 27.7 Å². The quantitative estimate of drug-likeness (QED) is 0.841. The first-order chi connectivity index (χ1) is 9.76. The minimum absolute atomic E-state index is 0.0384. The monoisotopic (exact) mass is 333 g/mol. The average molecular weight is 334 g/mol. The number of nitrogens with one attached hydrogen (secondary N) is 1. The average Bonchev–Trinajstić information content (AvgIpc) is 2.37. The molecule has 0 aliphatic heterocycles. The molecule has 0 spiro atoms. The van der Waals surface area contributed by atoms with Crippen LogP contribution in [0.5, 0.6) is 5.75 Å². The maximum absolute atomic E-state index is 12.0. The molecule has 21 heavy (non-hydrogen) atoms. The van der Waals surface area contributed by atoms with E-state index in [1.165, 1.54) is 26.2 Å². The summed E-state index contributed by atoms with van der Waals surface area (Å²) >= 11 is 11.9. The van der Waals surface area contributed by atoms with Crippen molar-refractivity contribution in [3.8, 4) is 5.75 Å². The van der Waals surface area contributed by atoms with Gasteiger partial charge in [0.1, 0.15) is 0 Å². The molecular weight excluding hydrogens is 317 g/mol. The Hall–Kier alpha value is -1.46. The molecule has 0 aromatic heterocycles. The molecule has 0 bridgehead atoms. The number of benzene rings is 1. The topological polar surface area (TPSA) is 64.6 Å². The molecule has 0 heterocycles. The van der Waals surface area contributed by atoms with Gasteiger partial charge >= 0.3 is 5.97 Å². The van der Waals surface area contributed by atoms with E-state index >= 15 is 0 Å². The van der Waals surface area contributed by atoms with Gasteiger partial charge in [-0.05, 0) is 32.9 Å². The molecule has 1 rings (SSSR count). The van der Waals surface area contributed by atoms with Crippen molar-refractivity contribution in [2.45, 2.75) is 32.9 Å². The number of hydrogen-bond donors (Lipinski definition) is 1. The van der Waals surface area contributed by atoms with E-state index < -0.39 is 12.1 Å². The highest BCUT2D eigenvalue weighted by Gasteiger charge is 2.21. The Morgan fingerprint density at radius 3 is 2.10 bits per heavy atom. The molecule has 5 nitrogen and oxygen atoms in total. The van der Waals surface area contributed by atoms with Crippen LogP contribution in [0.25, 0.3) is 0 Å². The molecule has 0 aliphatic carbocycles. The van der Waals surface area contributed by atoms with Crippen molar-refractivity contribution in [2.75, 3.05) is 7.11 Å². The zero-order chi connectivity index (χ0) is 16.2. The second-order valence-electron chi connectivity index (χ2n) is 4.68. The van der Waals surface area contributed by atoms with E-state index in [4.69, 9.17) is 32.7 Å². The fourth-order valence-corrected chi connectivity index (χ4v) is 2.20. The van der Waals surface area contributed by atoms with Crippen LogP contribution in [0.1, 0.15) is 31.1 Å². The van der Waals surface area contributed by atoms with Crippen molar-refractivity contribution in [3.63, 3.8) is 0 Å². The molecule has 1 aromatic carbocycles. The van der Waals surface area contributed by atoms with Gasteiger partial charge in [-0.3, -0.25) is 4.79 Å². The second kappa shape index (κ2) is 7.52. The number of ether oxygens (including phenoxy) is 2. The summed E-state index contributed by atoms with van der Waals surface area (Å²) in [5.74, 6) is -0.780. The summed E-state index contributed by atoms with van der Waals surface area (Å²) in [6, 6.07) is 2.71. The molecule has 1 aromatic rings. The maximum atomic E-state index is 12.0. The Kier molecular flexibility index (Phi) is 6.30. The molecule has 1 atom stereocenters. The Morgan fingerprint density at radius 1 is 1.14 bits per heavy atom. The lowest BCUT2D eigenvalue weighted by atomic mass is 10.2. The Bertz CT molecular complexity index is 523. The van der Waals surface area contributed by atoms with Crippen LogP contribution in [-0.4, -0.2) is 31.1 Å². The van der Waals surface area contributed by atoms with E-state index in [2.05, 4.69) is 5.32 Å². The van der Waals surface area contributed by atoms with E-state index in [-0.39, 0.29) is 33.3 Å². The van der Waals surface area contributed by atoms with Crippen LogP contribution in [0, 0.1) is 0 Å². The lowest BCUT2D eigenvalue weighted by molar-refractivity contribution is -0.129. The number of carbonyl (C=O) groups excluding carboxylic acids is 2. The predicted octanol–water partition coefficient (Wildman–Crippen LogP) is 3.07. The summed E-state index contributed by atoms with van der Waals surface area (Å²) < 4.78 is 10.1. The van der Waals surface area contributed by atoms with Crippen LogP contribution in [-0.2, 0) is 9.53 Å². The summed E-state index contributed by atoms with van der Waals surface area (Å²) in [5.41, 5.74) is 0.148. The van der Waals surface area contributed by atoms with Gasteiger partial charge in [0.15, 0.2) is 11.9 Å². The van der Waals surface area contributed by atoms with Crippen molar-refractivity contribution in [2.24, 2.45) is 0 Å². The van der Waals surface area contributed by atoms with Crippen molar-refractivity contribution in [1.29, 1.82) is 0 Å². The molecule has 0 unspecified atom stereocenters. The van der Waals surface area contributed by atoms with Gasteiger partial charge in [0.2, 0.25) is 0 Å². The molecule has 7 heteroatoms. The molecule has 0 radical (unpaired) electrons. The molecule has 0 saturated carbocycles. The molecular formula is C14H17Cl2NO4. The molecule has 1 amide bonds. The van der Waals surface area contributed by atoms with Gasteiger partial charge in [0, 0.05) is 6.04 Å². The third-order valence-corrected chi connectivity index (χ3v) is 3.08. The molecule has 1 N–H and O–H groups in total. The van der Waals surface area contributed by atoms with Crippen LogP contribution in [0.3, 0.4) is 0 Å². The van der Waals surface area contributed by atoms with Crippen molar-refractivity contribution < 1.29 is 19.1 Å². The Balaban J connectivity index is 2.83. The number of amides is 1. The Labute approximate surface area is 133 Å². The zero-order valence-corrected chi connectivity index (χ0v) is 13.7. The first-order valence-electron chi connectivity index (χ1n) is 6.30. The van der Waals surface area contributed by atoms with E-state index in [0.717, 1.165) is 0 Å². The normalized spacial score (nSPS) is 12.0. The number of hydrogen-bond acceptors (Lipinski definition) is 4. The molecule has 0 saturated heterocycles. The van der Waals surface area contributed by atoms with Gasteiger partial charge in [-0.25, -0.2) is 4.79 Å². The van der Waals surface area contributed by atoms with Gasteiger partial charge in [-0.2, -0.15) is 0 Å². The second-order valence-corrected chi connectivity index (χ2v) is 5.50. The molecule has 116 valence electrons. The predicted molar refractivity (Wildman–Crippen MR) is 81.2 cm³/mol. The van der Waals surface area contributed by atoms with Gasteiger partial charge < -0.3 is 14.8 Å². The fraction of sp³-hybridized carbons (Fsp3) is 0.429. The van der Waals surface area contributed by atoms with Crippen LogP contribution in [0.4, 0.5) is 0 Å². The third-order valence-electron chi connectivity index (χ3n) is 2.52. The number of carbonyl (C=O) groups is 2. The van der Waals surface area contributed by atoms with Crippen LogP contribution < -0.4 is 10.1 Å². The van der Waals surface area contributed by atoms with Crippen LogP contribution in [0.2, 0.25) is 10.0 Å². The number of rotatable bonds is 5. The van der Waals surface area contributed by atoms with E-state index in [1.807, 2.05) is 13.8 Å². The minimum Gasteiger partial charge on any atom is -0.494 e. The van der Waals surface area contributed by atoms with Crippen molar-refractivity contribution >= 4 is 35.1 Å². The minimum atomic E-state index is -0.917. The van der Waals surface area contributed by atoms with Crippen LogP contribution in [0.15, 0.2) is 12.1 Å². The van der Waals surface area contributed by atoms with E-state index in [9.17, 15) is 9.59 Å². The number of halogens is 2. The summed E-state index contributed by atoms with van der Waals surface area (Å²) in [7, 11) is 1.42. The van der Waals surface area contributed by atoms with E-state index in [1.54, 1.807) is 0 Å². The molecule has 0 aliphatic rings. The standard InChI is InChI=1S/C14H17Cl2NO4/c1-7(2)17-13(18)8(3)21-14(19)9-5-10(15)12(20-4)11(16)6-9/h5-8H,1-4H3,(H,17,18)/t8-/m1/s1. The number of methoxy groups -OCH3 is 1. The van der Waals surface area contributed by atoms with Gasteiger partial charge in [-0.15, -0.1) is 0 Å². The smallest absolute Gasteiger partial charge is 0.339 e. The van der Waals surface area contributed by atoms with Gasteiger partial charge in [0.05, 0.1) is 22.7 Å². The van der Waals surface area contributed by atoms with Gasteiger partial charge in [-0.1, -0.05) is 23.2 Å². The Morgan fingerprint density at radius 2 is 1.67 bits per heavy atom. The zero-order valence-electron chi connectivity index (χ0n) is 12.2. The highest BCUT2D eigenvalue weighted by molar-refractivity contribution is 6.37. The molecule has 0 fully saturated rings. The third kappa shape index (κ3) is 4.79. The van der Waals surface area contributed by atoms with Crippen LogP contribution >= 0.6 is 23.2 Å². The summed E-state index contributed by atoms with van der Waals surface area (Å²) in [4.78, 5) is 23.7. The first-order valence-corrected chi connectivity index (χ1v) is 7.06. The lowest BCUT2D eigenvalue weighted by Gasteiger charge is -2.16. The number of esters is 1. The summed E-state index contributed by atoms with van der Waals surface area (Å²) in [5, 5.41) is 3.03. The SMILES string of the molecule is COc1c(Cl)cc(C(=O)O[C@H](C)C(=O)NC(C)C)cc1Cl. The van der Waals surface area contributed by atoms with Crippen molar-refractivity contribution in [1.82, 2.24) is 5.32 Å². The highest BCUT2D eigenvalue weighted by atomic mass is 35.5. The summed E-state index contributed by atoms with van der Waals surface area (Å²) in [6.07, 6.45) is -0.917. The van der Waals surface area contributed by atoms with E-state index in [0.29, 0.717) is 0 Å². The van der Waals surface area contributed by atoms with Gasteiger partial charge in [0.25, 0.3) is 5.91 Å². The maximum Gasteiger partial charge on any atom is 0.339 e. The fourth-order valence-electron chi connectivity index (χ4n) is 1.56. The first kappa shape index (κ1) is 17.6. The lowest BCUT2D eigenvalue weighted by Crippen LogP contribution is -2.39.